The van der Waals surface area contributed by atoms with Gasteiger partial charge in [-0.15, -0.1) is 12.4 Å². The minimum Gasteiger partial charge on any atom is -0.370 e. The van der Waals surface area contributed by atoms with Gasteiger partial charge in [0, 0.05) is 11.0 Å². The fraction of sp³-hybridized carbons (Fsp3) is 0.500. The molecule has 0 bridgehead atoms. The van der Waals surface area contributed by atoms with E-state index in [-0.39, 0.29) is 30.5 Å². The number of amides is 1. The number of nitrogens with two attached hydrogens (primary N) is 1. The van der Waals surface area contributed by atoms with Crippen LogP contribution in [0.4, 0.5) is 0 Å². The fourth-order valence-corrected chi connectivity index (χ4v) is 2.65. The van der Waals surface area contributed by atoms with Crippen LogP contribution in [0.25, 0.3) is 0 Å². The van der Waals surface area contributed by atoms with Gasteiger partial charge in [0.25, 0.3) is 0 Å². The molecule has 4 nitrogen and oxygen atoms in total. The highest BCUT2D eigenvalue weighted by atomic mass is 79.9. The van der Waals surface area contributed by atoms with Crippen LogP contribution in [-0.4, -0.2) is 36.0 Å². The number of carbonyl (C=O) groups excluding carboxylic acids is 1. The Bertz CT molecular complexity index is 453. The van der Waals surface area contributed by atoms with Crippen LogP contribution in [0.1, 0.15) is 25.5 Å². The van der Waals surface area contributed by atoms with Gasteiger partial charge in [0.15, 0.2) is 0 Å². The van der Waals surface area contributed by atoms with Gasteiger partial charge in [0.05, 0.1) is 18.7 Å². The van der Waals surface area contributed by atoms with Crippen LogP contribution >= 0.6 is 28.3 Å². The first kappa shape index (κ1) is 17.4. The van der Waals surface area contributed by atoms with Gasteiger partial charge in [0.2, 0.25) is 5.91 Å². The third-order valence-corrected chi connectivity index (χ3v) is 3.96. The monoisotopic (exact) mass is 362 g/mol. The molecular weight excluding hydrogens is 344 g/mol. The molecule has 1 amide bonds. The number of ether oxygens (including phenoxy) is 1. The van der Waals surface area contributed by atoms with Gasteiger partial charge >= 0.3 is 0 Å². The zero-order chi connectivity index (χ0) is 14.0. The van der Waals surface area contributed by atoms with Crippen LogP contribution in [-0.2, 0) is 9.53 Å². The number of hydrogen-bond donors (Lipinski definition) is 1. The summed E-state index contributed by atoms with van der Waals surface area (Å²) in [7, 11) is 0. The summed E-state index contributed by atoms with van der Waals surface area (Å²) in [5, 5.41) is 0. The van der Waals surface area contributed by atoms with Crippen LogP contribution < -0.4 is 5.73 Å². The molecule has 0 spiro atoms. The summed E-state index contributed by atoms with van der Waals surface area (Å²) in [6, 6.07) is 7.53. The van der Waals surface area contributed by atoms with Crippen molar-refractivity contribution in [1.29, 1.82) is 0 Å². The van der Waals surface area contributed by atoms with E-state index in [2.05, 4.69) is 15.9 Å². The Morgan fingerprint density at radius 3 is 2.60 bits per heavy atom. The van der Waals surface area contributed by atoms with E-state index in [0.717, 1.165) is 10.0 Å². The van der Waals surface area contributed by atoms with Gasteiger partial charge in [-0.05, 0) is 31.5 Å². The lowest BCUT2D eigenvalue weighted by Crippen LogP contribution is -2.53. The van der Waals surface area contributed by atoms with Crippen LogP contribution in [0.3, 0.4) is 0 Å². The van der Waals surface area contributed by atoms with Gasteiger partial charge in [-0.2, -0.15) is 0 Å². The molecule has 1 fully saturated rings. The number of rotatable bonds is 2. The summed E-state index contributed by atoms with van der Waals surface area (Å²) in [5.41, 5.74) is 6.78. The van der Waals surface area contributed by atoms with E-state index in [9.17, 15) is 4.79 Å². The Morgan fingerprint density at radius 1 is 1.45 bits per heavy atom. The summed E-state index contributed by atoms with van der Waals surface area (Å²) < 4.78 is 6.86. The molecule has 1 aliphatic rings. The first-order valence-electron chi connectivity index (χ1n) is 6.44. The smallest absolute Gasteiger partial charge is 0.239 e. The van der Waals surface area contributed by atoms with Crippen molar-refractivity contribution < 1.29 is 9.53 Å². The molecule has 0 aromatic heterocycles. The molecule has 1 aromatic rings. The molecule has 3 unspecified atom stereocenters. The average molecular weight is 364 g/mol. The van der Waals surface area contributed by atoms with E-state index in [0.29, 0.717) is 13.2 Å². The molecule has 6 heteroatoms. The minimum atomic E-state index is -0.467. The van der Waals surface area contributed by atoms with Crippen molar-refractivity contribution >= 4 is 34.2 Å². The number of nitrogens with zero attached hydrogens (tertiary/aromatic N) is 1. The maximum atomic E-state index is 12.1. The molecule has 0 aliphatic carbocycles. The van der Waals surface area contributed by atoms with E-state index >= 15 is 0 Å². The third kappa shape index (κ3) is 3.73. The Labute approximate surface area is 134 Å². The standard InChI is InChI=1S/C14H19BrN2O2.ClH/c1-9(16)14(18)17-7-8-19-13(10(17)2)11-3-5-12(15)6-4-11;/h3-6,9-10,13H,7-8,16H2,1-2H3;1H. The quantitative estimate of drug-likeness (QED) is 0.878. The maximum Gasteiger partial charge on any atom is 0.239 e. The van der Waals surface area contributed by atoms with E-state index in [4.69, 9.17) is 10.5 Å². The number of benzene rings is 1. The van der Waals surface area contributed by atoms with Crippen molar-refractivity contribution in [3.8, 4) is 0 Å². The third-order valence-electron chi connectivity index (χ3n) is 3.43. The molecule has 1 heterocycles. The molecule has 112 valence electrons. The highest BCUT2D eigenvalue weighted by molar-refractivity contribution is 9.10. The van der Waals surface area contributed by atoms with E-state index in [1.165, 1.54) is 0 Å². The van der Waals surface area contributed by atoms with Gasteiger partial charge in [-0.1, -0.05) is 28.1 Å². The number of hydrogen-bond acceptors (Lipinski definition) is 3. The van der Waals surface area contributed by atoms with Gasteiger partial charge < -0.3 is 15.4 Å². The number of halogens is 2. The summed E-state index contributed by atoms with van der Waals surface area (Å²) in [5.74, 6) is -0.0158. The lowest BCUT2D eigenvalue weighted by molar-refractivity contribution is -0.146. The van der Waals surface area contributed by atoms with Crippen LogP contribution in [0.15, 0.2) is 28.7 Å². The van der Waals surface area contributed by atoms with Gasteiger partial charge in [-0.3, -0.25) is 4.79 Å². The van der Waals surface area contributed by atoms with Crippen molar-refractivity contribution in [3.63, 3.8) is 0 Å². The summed E-state index contributed by atoms with van der Waals surface area (Å²) in [4.78, 5) is 13.9. The second-order valence-electron chi connectivity index (χ2n) is 4.90. The summed E-state index contributed by atoms with van der Waals surface area (Å²) in [6.07, 6.45) is -0.0930. The van der Waals surface area contributed by atoms with Crippen LogP contribution in [0, 0.1) is 0 Å². The van der Waals surface area contributed by atoms with E-state index in [1.807, 2.05) is 36.1 Å². The molecular formula is C14H20BrClN2O2. The average Bonchev–Trinajstić information content (AvgIpc) is 2.39. The lowest BCUT2D eigenvalue weighted by atomic mass is 10.00. The van der Waals surface area contributed by atoms with Crippen LogP contribution in [0.2, 0.25) is 0 Å². The number of carbonyl (C=O) groups is 1. The Hall–Kier alpha value is -0.620. The molecule has 0 radical (unpaired) electrons. The molecule has 2 rings (SSSR count). The van der Waals surface area contributed by atoms with Crippen molar-refractivity contribution in [2.75, 3.05) is 13.2 Å². The largest absolute Gasteiger partial charge is 0.370 e. The molecule has 1 saturated heterocycles. The van der Waals surface area contributed by atoms with Crippen molar-refractivity contribution in [2.45, 2.75) is 32.0 Å². The zero-order valence-electron chi connectivity index (χ0n) is 11.6. The fourth-order valence-electron chi connectivity index (χ4n) is 2.38. The summed E-state index contributed by atoms with van der Waals surface area (Å²) in [6.45, 7) is 4.88. The predicted molar refractivity (Wildman–Crippen MR) is 84.9 cm³/mol. The summed E-state index contributed by atoms with van der Waals surface area (Å²) >= 11 is 3.42. The molecule has 0 saturated carbocycles. The predicted octanol–water partition coefficient (Wildman–Crippen LogP) is 2.51. The molecule has 3 atom stereocenters. The van der Waals surface area contributed by atoms with Crippen LogP contribution in [0.5, 0.6) is 0 Å². The normalized spacial score (nSPS) is 23.9. The maximum absolute atomic E-state index is 12.1. The SMILES string of the molecule is CC(N)C(=O)N1CCOC(c2ccc(Br)cc2)C1C.Cl. The van der Waals surface area contributed by atoms with Crippen molar-refractivity contribution in [1.82, 2.24) is 4.90 Å². The molecule has 1 aliphatic heterocycles. The zero-order valence-corrected chi connectivity index (χ0v) is 14.0. The Kier molecular flexibility index (Phi) is 6.45. The second kappa shape index (κ2) is 7.41. The van der Waals surface area contributed by atoms with Gasteiger partial charge in [-0.25, -0.2) is 0 Å². The molecule has 2 N–H and O–H groups in total. The lowest BCUT2D eigenvalue weighted by Gasteiger charge is -2.40. The first-order valence-corrected chi connectivity index (χ1v) is 7.23. The minimum absolute atomic E-state index is 0. The van der Waals surface area contributed by atoms with Gasteiger partial charge in [0.1, 0.15) is 6.10 Å². The molecule has 1 aromatic carbocycles. The molecule has 20 heavy (non-hydrogen) atoms. The van der Waals surface area contributed by atoms with E-state index in [1.54, 1.807) is 6.92 Å². The second-order valence-corrected chi connectivity index (χ2v) is 5.82. The topological polar surface area (TPSA) is 55.6 Å². The Balaban J connectivity index is 0.00000200. The highest BCUT2D eigenvalue weighted by Gasteiger charge is 2.33. The van der Waals surface area contributed by atoms with E-state index < -0.39 is 6.04 Å². The number of morpholine rings is 1. The van der Waals surface area contributed by atoms with Crippen molar-refractivity contribution in [2.24, 2.45) is 5.73 Å². The Morgan fingerprint density at radius 2 is 2.05 bits per heavy atom. The highest BCUT2D eigenvalue weighted by Crippen LogP contribution is 2.29. The van der Waals surface area contributed by atoms with Crippen molar-refractivity contribution in [3.05, 3.63) is 34.3 Å². The first-order chi connectivity index (χ1) is 9.00.